The van der Waals surface area contributed by atoms with Crippen molar-refractivity contribution in [1.29, 1.82) is 0 Å². The lowest BCUT2D eigenvalue weighted by Gasteiger charge is -2.15. The molecule has 7 nitrogen and oxygen atoms in total. The smallest absolute Gasteiger partial charge is 0.303 e. The molecule has 1 atom stereocenters. The van der Waals surface area contributed by atoms with E-state index < -0.39 is 5.97 Å². The Morgan fingerprint density at radius 3 is 2.78 bits per heavy atom. The number of carboxylic acid groups (broad SMARTS) is 1. The Bertz CT molecular complexity index is 378. The van der Waals surface area contributed by atoms with Gasteiger partial charge in [0.05, 0.1) is 19.0 Å². The maximum atomic E-state index is 11.5. The van der Waals surface area contributed by atoms with Gasteiger partial charge in [-0.15, -0.1) is 0 Å². The maximum absolute atomic E-state index is 11.5. The average molecular weight is 255 g/mol. The molecule has 1 heterocycles. The molecule has 0 bridgehead atoms. The van der Waals surface area contributed by atoms with E-state index in [4.69, 9.17) is 10.2 Å². The molecule has 1 aromatic heterocycles. The van der Waals surface area contributed by atoms with Crippen LogP contribution in [0, 0.1) is 0 Å². The Labute approximate surface area is 104 Å². The lowest BCUT2D eigenvalue weighted by molar-refractivity contribution is -0.137. The van der Waals surface area contributed by atoms with Crippen LogP contribution < -0.4 is 5.32 Å². The molecule has 1 rings (SSSR count). The van der Waals surface area contributed by atoms with Crippen molar-refractivity contribution < 1.29 is 19.8 Å². The van der Waals surface area contributed by atoms with Gasteiger partial charge in [0.2, 0.25) is 5.91 Å². The molecular weight excluding hydrogens is 238 g/mol. The fraction of sp³-hybridized carbons (Fsp3) is 0.545. The molecule has 0 aliphatic heterocycles. The van der Waals surface area contributed by atoms with Crippen molar-refractivity contribution >= 4 is 11.9 Å². The first-order valence-electron chi connectivity index (χ1n) is 5.71. The number of nitrogens with one attached hydrogen (secondary N) is 2. The van der Waals surface area contributed by atoms with Gasteiger partial charge in [-0.1, -0.05) is 0 Å². The molecule has 0 saturated carbocycles. The van der Waals surface area contributed by atoms with Crippen molar-refractivity contribution in [3.05, 3.63) is 18.2 Å². The molecule has 0 aliphatic carbocycles. The topological polar surface area (TPSA) is 115 Å². The van der Waals surface area contributed by atoms with Crippen molar-refractivity contribution in [3.63, 3.8) is 0 Å². The highest BCUT2D eigenvalue weighted by molar-refractivity contribution is 5.77. The molecule has 1 aromatic rings. The number of aromatic amines is 1. The summed E-state index contributed by atoms with van der Waals surface area (Å²) in [6, 6.07) is -0.386. The first-order valence-corrected chi connectivity index (χ1v) is 5.71. The van der Waals surface area contributed by atoms with Crippen LogP contribution >= 0.6 is 0 Å². The highest BCUT2D eigenvalue weighted by Crippen LogP contribution is 2.00. The van der Waals surface area contributed by atoms with Crippen molar-refractivity contribution in [1.82, 2.24) is 15.3 Å². The number of aromatic nitrogens is 2. The predicted molar refractivity (Wildman–Crippen MR) is 62.8 cm³/mol. The Balaban J connectivity index is 2.29. The SMILES string of the molecule is O=C(O)CCCC(=O)NC(CO)Cc1cnc[nH]1. The molecule has 0 spiro atoms. The van der Waals surface area contributed by atoms with Gasteiger partial charge in [-0.05, 0) is 6.42 Å². The number of aliphatic hydroxyl groups excluding tert-OH is 1. The maximum Gasteiger partial charge on any atom is 0.303 e. The number of aliphatic carboxylic acids is 1. The molecule has 0 aliphatic rings. The van der Waals surface area contributed by atoms with Crippen molar-refractivity contribution in [2.45, 2.75) is 31.7 Å². The number of carbonyl (C=O) groups excluding carboxylic acids is 1. The Morgan fingerprint density at radius 1 is 1.44 bits per heavy atom. The van der Waals surface area contributed by atoms with E-state index in [1.807, 2.05) is 0 Å². The average Bonchev–Trinajstić information content (AvgIpc) is 2.80. The highest BCUT2D eigenvalue weighted by atomic mass is 16.4. The molecule has 0 aromatic carbocycles. The van der Waals surface area contributed by atoms with E-state index in [0.29, 0.717) is 12.8 Å². The number of nitrogens with zero attached hydrogens (tertiary/aromatic N) is 1. The number of hydrogen-bond acceptors (Lipinski definition) is 4. The van der Waals surface area contributed by atoms with Crippen LogP contribution in [0.1, 0.15) is 25.0 Å². The number of rotatable bonds is 8. The summed E-state index contributed by atoms with van der Waals surface area (Å²) >= 11 is 0. The van der Waals surface area contributed by atoms with Crippen LogP contribution in [0.4, 0.5) is 0 Å². The third-order valence-electron chi connectivity index (χ3n) is 2.40. The molecule has 18 heavy (non-hydrogen) atoms. The summed E-state index contributed by atoms with van der Waals surface area (Å²) in [5.74, 6) is -1.17. The molecule has 0 radical (unpaired) electrons. The van der Waals surface area contributed by atoms with Crippen LogP contribution in [0.3, 0.4) is 0 Å². The van der Waals surface area contributed by atoms with Gasteiger partial charge < -0.3 is 20.5 Å². The zero-order chi connectivity index (χ0) is 13.4. The summed E-state index contributed by atoms with van der Waals surface area (Å²) in [6.07, 6.45) is 4.02. The number of carboxylic acids is 1. The minimum atomic E-state index is -0.918. The molecule has 0 saturated heterocycles. The number of imidazole rings is 1. The normalized spacial score (nSPS) is 12.1. The first kappa shape index (κ1) is 14.2. The fourth-order valence-corrected chi connectivity index (χ4v) is 1.52. The van der Waals surface area contributed by atoms with E-state index >= 15 is 0 Å². The number of hydrogen-bond donors (Lipinski definition) is 4. The Kier molecular flexibility index (Phi) is 5.86. The number of amides is 1. The molecule has 0 fully saturated rings. The van der Waals surface area contributed by atoms with Gasteiger partial charge in [-0.2, -0.15) is 0 Å². The van der Waals surface area contributed by atoms with E-state index in [9.17, 15) is 9.59 Å². The summed E-state index contributed by atoms with van der Waals surface area (Å²) in [5, 5.41) is 20.2. The van der Waals surface area contributed by atoms with E-state index in [-0.39, 0.29) is 31.4 Å². The molecular formula is C11H17N3O4. The van der Waals surface area contributed by atoms with Crippen molar-refractivity contribution in [3.8, 4) is 0 Å². The third kappa shape index (κ3) is 5.44. The third-order valence-corrected chi connectivity index (χ3v) is 2.40. The monoisotopic (exact) mass is 255 g/mol. The summed E-state index contributed by atoms with van der Waals surface area (Å²) in [6.45, 7) is -0.177. The van der Waals surface area contributed by atoms with Crippen LogP contribution in [-0.4, -0.2) is 44.7 Å². The first-order chi connectivity index (χ1) is 8.61. The van der Waals surface area contributed by atoms with Crippen LogP contribution in [-0.2, 0) is 16.0 Å². The molecule has 100 valence electrons. The van der Waals surface area contributed by atoms with Gasteiger partial charge in [-0.25, -0.2) is 4.98 Å². The summed E-state index contributed by atoms with van der Waals surface area (Å²) in [5.41, 5.74) is 0.819. The van der Waals surface area contributed by atoms with Crippen LogP contribution in [0.2, 0.25) is 0 Å². The number of aliphatic hydroxyl groups is 1. The van der Waals surface area contributed by atoms with Crippen molar-refractivity contribution in [2.24, 2.45) is 0 Å². The predicted octanol–water partition coefficient (Wildman–Crippen LogP) is -0.316. The van der Waals surface area contributed by atoms with Gasteiger partial charge >= 0.3 is 5.97 Å². The second kappa shape index (κ2) is 7.44. The molecule has 4 N–H and O–H groups in total. The van der Waals surface area contributed by atoms with Crippen LogP contribution in [0.5, 0.6) is 0 Å². The van der Waals surface area contributed by atoms with Crippen LogP contribution in [0.25, 0.3) is 0 Å². The van der Waals surface area contributed by atoms with Crippen molar-refractivity contribution in [2.75, 3.05) is 6.61 Å². The van der Waals surface area contributed by atoms with Gasteiger partial charge in [0.25, 0.3) is 0 Å². The molecule has 1 unspecified atom stereocenters. The van der Waals surface area contributed by atoms with Gasteiger partial charge in [-0.3, -0.25) is 9.59 Å². The summed E-state index contributed by atoms with van der Waals surface area (Å²) in [4.78, 5) is 28.5. The van der Waals surface area contributed by atoms with E-state index in [0.717, 1.165) is 5.69 Å². The Morgan fingerprint density at radius 2 is 2.22 bits per heavy atom. The largest absolute Gasteiger partial charge is 0.481 e. The summed E-state index contributed by atoms with van der Waals surface area (Å²) < 4.78 is 0. The highest BCUT2D eigenvalue weighted by Gasteiger charge is 2.13. The van der Waals surface area contributed by atoms with Gasteiger partial charge in [0.1, 0.15) is 0 Å². The molecule has 7 heteroatoms. The lowest BCUT2D eigenvalue weighted by atomic mass is 10.1. The quantitative estimate of drug-likeness (QED) is 0.508. The second-order valence-electron chi connectivity index (χ2n) is 3.98. The van der Waals surface area contributed by atoms with Gasteiger partial charge in [0, 0.05) is 31.2 Å². The summed E-state index contributed by atoms with van der Waals surface area (Å²) in [7, 11) is 0. The zero-order valence-corrected chi connectivity index (χ0v) is 9.93. The Hall–Kier alpha value is -1.89. The minimum absolute atomic E-state index is 0.0300. The lowest BCUT2D eigenvalue weighted by Crippen LogP contribution is -2.39. The fourth-order valence-electron chi connectivity index (χ4n) is 1.52. The van der Waals surface area contributed by atoms with Crippen LogP contribution in [0.15, 0.2) is 12.5 Å². The van der Waals surface area contributed by atoms with E-state index in [1.165, 1.54) is 6.33 Å². The zero-order valence-electron chi connectivity index (χ0n) is 9.93. The number of H-pyrrole nitrogens is 1. The van der Waals surface area contributed by atoms with Gasteiger partial charge in [0.15, 0.2) is 0 Å². The van der Waals surface area contributed by atoms with E-state index in [2.05, 4.69) is 15.3 Å². The molecule has 1 amide bonds. The van der Waals surface area contributed by atoms with E-state index in [1.54, 1.807) is 6.20 Å². The second-order valence-corrected chi connectivity index (χ2v) is 3.98. The minimum Gasteiger partial charge on any atom is -0.481 e. The standard InChI is InChI=1S/C11H17N3O4/c15-6-9(4-8-5-12-7-13-8)14-10(16)2-1-3-11(17)18/h5,7,9,15H,1-4,6H2,(H,12,13)(H,14,16)(H,17,18). The number of carbonyl (C=O) groups is 2.